The van der Waals surface area contributed by atoms with Crippen LogP contribution >= 0.6 is 15.9 Å². The van der Waals surface area contributed by atoms with Crippen LogP contribution in [0.2, 0.25) is 0 Å². The summed E-state index contributed by atoms with van der Waals surface area (Å²) in [7, 11) is 0. The van der Waals surface area contributed by atoms with E-state index < -0.39 is 0 Å². The molecule has 0 atom stereocenters. The molecule has 0 aliphatic rings. The van der Waals surface area contributed by atoms with E-state index in [1.807, 2.05) is 19.1 Å². The molecule has 10 heavy (non-hydrogen) atoms. The van der Waals surface area contributed by atoms with Gasteiger partial charge in [0.05, 0.1) is 12.3 Å². The highest BCUT2D eigenvalue weighted by molar-refractivity contribution is 9.10. The molecule has 3 heteroatoms. The van der Waals surface area contributed by atoms with Crippen LogP contribution in [0.3, 0.4) is 0 Å². The van der Waals surface area contributed by atoms with Crippen molar-refractivity contribution in [1.29, 1.82) is 0 Å². The second-order valence-electron chi connectivity index (χ2n) is 2.04. The molecule has 1 rings (SSSR count). The Morgan fingerprint density at radius 1 is 1.60 bits per heavy atom. The van der Waals surface area contributed by atoms with Crippen molar-refractivity contribution in [2.75, 3.05) is 0 Å². The van der Waals surface area contributed by atoms with Gasteiger partial charge in [0.1, 0.15) is 0 Å². The van der Waals surface area contributed by atoms with Crippen molar-refractivity contribution >= 4 is 15.9 Å². The molecule has 0 saturated heterocycles. The zero-order valence-corrected chi connectivity index (χ0v) is 7.22. The molecule has 0 saturated carbocycles. The summed E-state index contributed by atoms with van der Waals surface area (Å²) in [6.45, 7) is 1.88. The van der Waals surface area contributed by atoms with Gasteiger partial charge in [0.15, 0.2) is 0 Å². The van der Waals surface area contributed by atoms with Crippen molar-refractivity contribution in [1.82, 2.24) is 4.98 Å². The highest BCUT2D eigenvalue weighted by atomic mass is 79.9. The largest absolute Gasteiger partial charge is 0.390 e. The Morgan fingerprint density at radius 2 is 2.30 bits per heavy atom. The topological polar surface area (TPSA) is 33.1 Å². The lowest BCUT2D eigenvalue weighted by Gasteiger charge is -1.99. The van der Waals surface area contributed by atoms with Crippen LogP contribution in [0.4, 0.5) is 0 Å². The Balaban J connectivity index is 3.09. The summed E-state index contributed by atoms with van der Waals surface area (Å²) in [6.07, 6.45) is 0. The van der Waals surface area contributed by atoms with Gasteiger partial charge in [-0.15, -0.1) is 0 Å². The summed E-state index contributed by atoms with van der Waals surface area (Å²) in [6, 6.07) is 3.77. The molecule has 0 unspecified atom stereocenters. The Kier molecular flexibility index (Phi) is 2.40. The van der Waals surface area contributed by atoms with Crippen molar-refractivity contribution in [3.63, 3.8) is 0 Å². The molecule has 54 valence electrons. The molecular weight excluding hydrogens is 194 g/mol. The molecule has 0 aromatic carbocycles. The normalized spacial score (nSPS) is 9.90. The van der Waals surface area contributed by atoms with E-state index in [1.165, 1.54) is 0 Å². The van der Waals surface area contributed by atoms with Crippen LogP contribution in [0.25, 0.3) is 0 Å². The number of pyridine rings is 1. The van der Waals surface area contributed by atoms with Crippen LogP contribution in [-0.4, -0.2) is 10.1 Å². The summed E-state index contributed by atoms with van der Waals surface area (Å²) in [4.78, 5) is 4.09. The molecule has 0 amide bonds. The molecule has 0 aliphatic heterocycles. The number of aryl methyl sites for hydroxylation is 1. The summed E-state index contributed by atoms with van der Waals surface area (Å²) < 4.78 is 0.862. The maximum atomic E-state index is 8.75. The third kappa shape index (κ3) is 1.55. The van der Waals surface area contributed by atoms with Gasteiger partial charge < -0.3 is 5.11 Å². The maximum Gasteiger partial charge on any atom is 0.0864 e. The quantitative estimate of drug-likeness (QED) is 0.750. The van der Waals surface area contributed by atoms with Crippen LogP contribution in [0.15, 0.2) is 16.6 Å². The van der Waals surface area contributed by atoms with Crippen LogP contribution < -0.4 is 0 Å². The minimum absolute atomic E-state index is 0.0116. The molecule has 1 N–H and O–H groups in total. The van der Waals surface area contributed by atoms with Gasteiger partial charge in [-0.2, -0.15) is 0 Å². The van der Waals surface area contributed by atoms with Gasteiger partial charge in [-0.05, 0) is 35.0 Å². The van der Waals surface area contributed by atoms with Crippen molar-refractivity contribution in [3.05, 3.63) is 28.0 Å². The average Bonchev–Trinajstić information content (AvgIpc) is 1.94. The van der Waals surface area contributed by atoms with Crippen molar-refractivity contribution in [2.45, 2.75) is 13.5 Å². The third-order valence-corrected chi connectivity index (χ3v) is 1.93. The SMILES string of the molecule is Cc1ccc(Br)c(CO)n1. The Morgan fingerprint density at radius 3 is 2.80 bits per heavy atom. The lowest BCUT2D eigenvalue weighted by molar-refractivity contribution is 0.276. The first-order valence-electron chi connectivity index (χ1n) is 2.97. The van der Waals surface area contributed by atoms with Gasteiger partial charge in [0.25, 0.3) is 0 Å². The number of aromatic nitrogens is 1. The predicted octanol–water partition coefficient (Wildman–Crippen LogP) is 1.64. The maximum absolute atomic E-state index is 8.75. The number of nitrogens with zero attached hydrogens (tertiary/aromatic N) is 1. The summed E-state index contributed by atoms with van der Waals surface area (Å²) in [5, 5.41) is 8.75. The highest BCUT2D eigenvalue weighted by Gasteiger charge is 1.97. The zero-order valence-electron chi connectivity index (χ0n) is 5.63. The van der Waals surface area contributed by atoms with Crippen LogP contribution in [-0.2, 0) is 6.61 Å². The molecule has 0 aliphatic carbocycles. The number of halogens is 1. The van der Waals surface area contributed by atoms with Gasteiger partial charge >= 0.3 is 0 Å². The lowest BCUT2D eigenvalue weighted by Crippen LogP contribution is -1.92. The molecule has 0 spiro atoms. The van der Waals surface area contributed by atoms with Gasteiger partial charge in [-0.25, -0.2) is 0 Å². The number of rotatable bonds is 1. The van der Waals surface area contributed by atoms with Crippen LogP contribution in [0, 0.1) is 6.92 Å². The van der Waals surface area contributed by atoms with Crippen LogP contribution in [0.5, 0.6) is 0 Å². The molecule has 0 radical (unpaired) electrons. The number of hydrogen-bond donors (Lipinski definition) is 1. The fourth-order valence-corrected chi connectivity index (χ4v) is 1.05. The molecule has 1 heterocycles. The smallest absolute Gasteiger partial charge is 0.0864 e. The number of hydrogen-bond acceptors (Lipinski definition) is 2. The average molecular weight is 202 g/mol. The van der Waals surface area contributed by atoms with E-state index in [0.717, 1.165) is 10.2 Å². The van der Waals surface area contributed by atoms with Gasteiger partial charge in [-0.3, -0.25) is 4.98 Å². The van der Waals surface area contributed by atoms with Crippen molar-refractivity contribution in [2.24, 2.45) is 0 Å². The molecular formula is C7H8BrNO. The highest BCUT2D eigenvalue weighted by Crippen LogP contribution is 2.14. The Bertz CT molecular complexity index is 237. The summed E-state index contributed by atoms with van der Waals surface area (Å²) in [5.74, 6) is 0. The number of aliphatic hydroxyl groups excluding tert-OH is 1. The lowest BCUT2D eigenvalue weighted by atomic mass is 10.3. The van der Waals surface area contributed by atoms with Gasteiger partial charge in [0.2, 0.25) is 0 Å². The first-order chi connectivity index (χ1) is 4.74. The Labute approximate surface area is 68.0 Å². The second kappa shape index (κ2) is 3.12. The molecule has 1 aromatic rings. The monoisotopic (exact) mass is 201 g/mol. The first-order valence-corrected chi connectivity index (χ1v) is 3.76. The van der Waals surface area contributed by atoms with E-state index >= 15 is 0 Å². The van der Waals surface area contributed by atoms with Crippen molar-refractivity contribution < 1.29 is 5.11 Å². The standard InChI is InChI=1S/C7H8BrNO/c1-5-2-3-6(8)7(4-10)9-5/h2-3,10H,4H2,1H3. The molecule has 0 fully saturated rings. The van der Waals surface area contributed by atoms with E-state index in [2.05, 4.69) is 20.9 Å². The fraction of sp³-hybridized carbons (Fsp3) is 0.286. The second-order valence-corrected chi connectivity index (χ2v) is 2.89. The fourth-order valence-electron chi connectivity index (χ4n) is 0.704. The van der Waals surface area contributed by atoms with Crippen LogP contribution in [0.1, 0.15) is 11.4 Å². The van der Waals surface area contributed by atoms with Gasteiger partial charge in [0, 0.05) is 10.2 Å². The van der Waals surface area contributed by atoms with E-state index in [4.69, 9.17) is 5.11 Å². The third-order valence-electron chi connectivity index (χ3n) is 1.21. The number of aliphatic hydroxyl groups is 1. The molecule has 1 aromatic heterocycles. The van der Waals surface area contributed by atoms with Crippen molar-refractivity contribution in [3.8, 4) is 0 Å². The van der Waals surface area contributed by atoms with Gasteiger partial charge in [-0.1, -0.05) is 0 Å². The van der Waals surface area contributed by atoms with E-state index in [0.29, 0.717) is 5.69 Å². The van der Waals surface area contributed by atoms with E-state index in [9.17, 15) is 0 Å². The van der Waals surface area contributed by atoms with E-state index in [-0.39, 0.29) is 6.61 Å². The molecule has 2 nitrogen and oxygen atoms in total. The predicted molar refractivity (Wildman–Crippen MR) is 42.6 cm³/mol. The minimum Gasteiger partial charge on any atom is -0.390 e. The summed E-state index contributed by atoms with van der Waals surface area (Å²) >= 11 is 3.27. The minimum atomic E-state index is -0.0116. The zero-order chi connectivity index (χ0) is 7.56. The molecule has 0 bridgehead atoms. The first kappa shape index (κ1) is 7.69. The van der Waals surface area contributed by atoms with E-state index in [1.54, 1.807) is 0 Å². The Hall–Kier alpha value is -0.410. The summed E-state index contributed by atoms with van der Waals surface area (Å²) in [5.41, 5.74) is 1.62.